The van der Waals surface area contributed by atoms with Crippen LogP contribution >= 0.6 is 0 Å². The van der Waals surface area contributed by atoms with E-state index in [1.54, 1.807) is 7.11 Å². The van der Waals surface area contributed by atoms with E-state index in [4.69, 9.17) is 10.5 Å². The number of ether oxygens (including phenoxy) is 1. The molecule has 0 bridgehead atoms. The second-order valence-corrected chi connectivity index (χ2v) is 2.40. The van der Waals surface area contributed by atoms with Crippen LogP contribution in [0, 0.1) is 0 Å². The quantitative estimate of drug-likeness (QED) is 0.514. The van der Waals surface area contributed by atoms with E-state index in [1.807, 2.05) is 0 Å². The molecule has 0 radical (unpaired) electrons. The van der Waals surface area contributed by atoms with E-state index in [2.05, 4.69) is 5.32 Å². The second-order valence-electron chi connectivity index (χ2n) is 2.40. The molecule has 1 heterocycles. The van der Waals surface area contributed by atoms with E-state index in [0.29, 0.717) is 0 Å². The van der Waals surface area contributed by atoms with Crippen LogP contribution in [0.15, 0.2) is 0 Å². The molecular formula is C6H12N2O2. The van der Waals surface area contributed by atoms with Gasteiger partial charge in [0, 0.05) is 7.11 Å². The van der Waals surface area contributed by atoms with Crippen LogP contribution in [-0.4, -0.2) is 31.7 Å². The number of carbonyl (C=O) groups excluding carboxylic acids is 1. The Bertz CT molecular complexity index is 138. The standard InChI is InChI=1S/C6H12N2O2/c1-10-4-2-3-8-5(4)6(7)9/h4-5,8H,2-3H2,1H3,(H2,7,9). The highest BCUT2D eigenvalue weighted by atomic mass is 16.5. The van der Waals surface area contributed by atoms with Gasteiger partial charge in [0.15, 0.2) is 0 Å². The zero-order valence-corrected chi connectivity index (χ0v) is 5.96. The summed E-state index contributed by atoms with van der Waals surface area (Å²) in [5.41, 5.74) is 5.08. The summed E-state index contributed by atoms with van der Waals surface area (Å²) in [5, 5.41) is 2.96. The highest BCUT2D eigenvalue weighted by molar-refractivity contribution is 5.80. The van der Waals surface area contributed by atoms with Gasteiger partial charge in [0.25, 0.3) is 0 Å². The first kappa shape index (κ1) is 7.50. The topological polar surface area (TPSA) is 64.3 Å². The Morgan fingerprint density at radius 1 is 1.80 bits per heavy atom. The fourth-order valence-corrected chi connectivity index (χ4v) is 1.22. The van der Waals surface area contributed by atoms with E-state index in [9.17, 15) is 4.79 Å². The van der Waals surface area contributed by atoms with Gasteiger partial charge in [-0.1, -0.05) is 0 Å². The Morgan fingerprint density at radius 2 is 2.50 bits per heavy atom. The first-order chi connectivity index (χ1) is 4.75. The molecule has 4 heteroatoms. The molecule has 10 heavy (non-hydrogen) atoms. The number of amides is 1. The van der Waals surface area contributed by atoms with Crippen LogP contribution in [0.25, 0.3) is 0 Å². The van der Waals surface area contributed by atoms with Gasteiger partial charge in [-0.2, -0.15) is 0 Å². The number of primary amides is 1. The fourth-order valence-electron chi connectivity index (χ4n) is 1.22. The number of carbonyl (C=O) groups is 1. The van der Waals surface area contributed by atoms with E-state index in [1.165, 1.54) is 0 Å². The van der Waals surface area contributed by atoms with Crippen LogP contribution in [0.2, 0.25) is 0 Å². The van der Waals surface area contributed by atoms with Gasteiger partial charge in [-0.15, -0.1) is 0 Å². The van der Waals surface area contributed by atoms with Crippen molar-refractivity contribution in [3.8, 4) is 0 Å². The lowest BCUT2D eigenvalue weighted by Crippen LogP contribution is -2.43. The molecule has 0 saturated carbocycles. The average molecular weight is 144 g/mol. The summed E-state index contributed by atoms with van der Waals surface area (Å²) in [4.78, 5) is 10.7. The monoisotopic (exact) mass is 144 g/mol. The normalized spacial score (nSPS) is 32.5. The number of rotatable bonds is 2. The predicted octanol–water partition coefficient (Wildman–Crippen LogP) is -1.15. The average Bonchev–Trinajstić information content (AvgIpc) is 2.33. The van der Waals surface area contributed by atoms with Crippen molar-refractivity contribution < 1.29 is 9.53 Å². The van der Waals surface area contributed by atoms with Crippen LogP contribution in [0.5, 0.6) is 0 Å². The largest absolute Gasteiger partial charge is 0.379 e. The maximum absolute atomic E-state index is 10.7. The third-order valence-electron chi connectivity index (χ3n) is 1.77. The lowest BCUT2D eigenvalue weighted by molar-refractivity contribution is -0.122. The van der Waals surface area contributed by atoms with Gasteiger partial charge >= 0.3 is 0 Å². The van der Waals surface area contributed by atoms with Crippen molar-refractivity contribution >= 4 is 5.91 Å². The molecule has 1 aliphatic rings. The van der Waals surface area contributed by atoms with Crippen molar-refractivity contribution in [3.05, 3.63) is 0 Å². The molecule has 0 aromatic carbocycles. The molecule has 4 nitrogen and oxygen atoms in total. The minimum absolute atomic E-state index is 0.0301. The van der Waals surface area contributed by atoms with Crippen LogP contribution < -0.4 is 11.1 Å². The van der Waals surface area contributed by atoms with Gasteiger partial charge < -0.3 is 15.8 Å². The van der Waals surface area contributed by atoms with Crippen molar-refractivity contribution in [1.82, 2.24) is 5.32 Å². The fraction of sp³-hybridized carbons (Fsp3) is 0.833. The number of methoxy groups -OCH3 is 1. The Morgan fingerprint density at radius 3 is 2.90 bits per heavy atom. The molecule has 2 unspecified atom stereocenters. The number of hydrogen-bond donors (Lipinski definition) is 2. The molecule has 2 atom stereocenters. The highest BCUT2D eigenvalue weighted by Crippen LogP contribution is 2.09. The Labute approximate surface area is 59.7 Å². The van der Waals surface area contributed by atoms with Gasteiger partial charge in [-0.25, -0.2) is 0 Å². The maximum Gasteiger partial charge on any atom is 0.237 e. The lowest BCUT2D eigenvalue weighted by atomic mass is 10.2. The molecular weight excluding hydrogens is 132 g/mol. The Balaban J connectivity index is 2.50. The third kappa shape index (κ3) is 1.27. The summed E-state index contributed by atoms with van der Waals surface area (Å²) >= 11 is 0. The van der Waals surface area contributed by atoms with Crippen LogP contribution in [0.4, 0.5) is 0 Å². The Hall–Kier alpha value is -0.610. The van der Waals surface area contributed by atoms with E-state index in [-0.39, 0.29) is 18.1 Å². The molecule has 58 valence electrons. The number of hydrogen-bond acceptors (Lipinski definition) is 3. The van der Waals surface area contributed by atoms with E-state index >= 15 is 0 Å². The molecule has 3 N–H and O–H groups in total. The van der Waals surface area contributed by atoms with Gasteiger partial charge in [0.1, 0.15) is 6.04 Å². The Kier molecular flexibility index (Phi) is 2.24. The molecule has 1 saturated heterocycles. The van der Waals surface area contributed by atoms with Gasteiger partial charge in [0.05, 0.1) is 6.10 Å². The SMILES string of the molecule is COC1CCNC1C(N)=O. The summed E-state index contributed by atoms with van der Waals surface area (Å²) in [7, 11) is 1.59. The molecule has 0 spiro atoms. The highest BCUT2D eigenvalue weighted by Gasteiger charge is 2.30. The molecule has 0 aromatic rings. The summed E-state index contributed by atoms with van der Waals surface area (Å²) in [5.74, 6) is -0.329. The zero-order valence-electron chi connectivity index (χ0n) is 5.96. The van der Waals surface area contributed by atoms with Crippen molar-refractivity contribution in [1.29, 1.82) is 0 Å². The third-order valence-corrected chi connectivity index (χ3v) is 1.77. The molecule has 1 aliphatic heterocycles. The summed E-state index contributed by atoms with van der Waals surface area (Å²) in [6.45, 7) is 0.812. The molecule has 0 aliphatic carbocycles. The van der Waals surface area contributed by atoms with Crippen molar-refractivity contribution in [2.75, 3.05) is 13.7 Å². The zero-order chi connectivity index (χ0) is 7.56. The van der Waals surface area contributed by atoms with Crippen molar-refractivity contribution in [2.45, 2.75) is 18.6 Å². The molecule has 1 rings (SSSR count). The number of nitrogens with one attached hydrogen (secondary N) is 1. The van der Waals surface area contributed by atoms with Crippen molar-refractivity contribution in [3.63, 3.8) is 0 Å². The predicted molar refractivity (Wildman–Crippen MR) is 36.4 cm³/mol. The second kappa shape index (κ2) is 2.98. The number of nitrogens with two attached hydrogens (primary N) is 1. The molecule has 1 fully saturated rings. The van der Waals surface area contributed by atoms with E-state index < -0.39 is 0 Å². The molecule has 0 aromatic heterocycles. The van der Waals surface area contributed by atoms with Crippen molar-refractivity contribution in [2.24, 2.45) is 5.73 Å². The van der Waals surface area contributed by atoms with E-state index in [0.717, 1.165) is 13.0 Å². The minimum atomic E-state index is -0.329. The van der Waals surface area contributed by atoms with Crippen LogP contribution in [0.1, 0.15) is 6.42 Å². The van der Waals surface area contributed by atoms with Crippen LogP contribution in [-0.2, 0) is 9.53 Å². The summed E-state index contributed by atoms with van der Waals surface area (Å²) < 4.78 is 5.02. The van der Waals surface area contributed by atoms with Gasteiger partial charge in [0.2, 0.25) is 5.91 Å². The smallest absolute Gasteiger partial charge is 0.237 e. The first-order valence-corrected chi connectivity index (χ1v) is 3.31. The maximum atomic E-state index is 10.7. The lowest BCUT2D eigenvalue weighted by Gasteiger charge is -2.13. The first-order valence-electron chi connectivity index (χ1n) is 3.31. The van der Waals surface area contributed by atoms with Gasteiger partial charge in [-0.05, 0) is 13.0 Å². The summed E-state index contributed by atoms with van der Waals surface area (Å²) in [6, 6.07) is -0.287. The summed E-state index contributed by atoms with van der Waals surface area (Å²) in [6.07, 6.45) is 0.835. The minimum Gasteiger partial charge on any atom is -0.379 e. The molecule has 1 amide bonds. The van der Waals surface area contributed by atoms with Crippen LogP contribution in [0.3, 0.4) is 0 Å². The van der Waals surface area contributed by atoms with Gasteiger partial charge in [-0.3, -0.25) is 4.79 Å².